The van der Waals surface area contributed by atoms with Crippen LogP contribution in [0.3, 0.4) is 0 Å². The largest absolute Gasteiger partial charge is 0.463 e. The Balaban J connectivity index is 1.70. The summed E-state index contributed by atoms with van der Waals surface area (Å²) in [5.41, 5.74) is 1.48. The van der Waals surface area contributed by atoms with Crippen LogP contribution in [0, 0.1) is 23.2 Å². The van der Waals surface area contributed by atoms with E-state index in [0.29, 0.717) is 37.5 Å². The van der Waals surface area contributed by atoms with E-state index in [4.69, 9.17) is 66.4 Å². The number of carbonyl (C=O) groups is 10. The number of nitrogens with zero attached hydrogens (tertiary/aromatic N) is 3. The Kier molecular flexibility index (Phi) is 40.2. The van der Waals surface area contributed by atoms with Crippen molar-refractivity contribution in [3.8, 4) is 6.07 Å². The molecule has 1 aliphatic carbocycles. The molecule has 2 fully saturated rings. The fourth-order valence-corrected chi connectivity index (χ4v) is 12.4. The van der Waals surface area contributed by atoms with E-state index in [1.807, 2.05) is 31.2 Å². The van der Waals surface area contributed by atoms with Gasteiger partial charge in [0, 0.05) is 85.1 Å². The van der Waals surface area contributed by atoms with Gasteiger partial charge in [-0.25, -0.2) is 4.67 Å². The van der Waals surface area contributed by atoms with Gasteiger partial charge in [0.05, 0.1) is 90.0 Å². The highest BCUT2D eigenvalue weighted by molar-refractivity contribution is 7.44. The minimum atomic E-state index is -1.54. The molecule has 0 aromatic heterocycles. The number of amides is 4. The maximum atomic E-state index is 14.2. The van der Waals surface area contributed by atoms with Crippen molar-refractivity contribution in [1.29, 1.82) is 5.26 Å². The number of ether oxygens (including phenoxy) is 11. The molecule has 32 heteroatoms. The van der Waals surface area contributed by atoms with Gasteiger partial charge in [0.15, 0.2) is 6.29 Å². The van der Waals surface area contributed by atoms with Gasteiger partial charge in [0.1, 0.15) is 43.9 Å². The van der Waals surface area contributed by atoms with Crippen LogP contribution < -0.4 is 26.6 Å². The summed E-state index contributed by atoms with van der Waals surface area (Å²) < 4.78 is 76.7. The predicted molar refractivity (Wildman–Crippen MR) is 344 cm³/mol. The van der Waals surface area contributed by atoms with Gasteiger partial charge >= 0.3 is 29.8 Å². The maximum absolute atomic E-state index is 14.2. The van der Waals surface area contributed by atoms with Crippen LogP contribution in [-0.4, -0.2) is 236 Å². The lowest BCUT2D eigenvalue weighted by Crippen LogP contribution is -2.60. The second kappa shape index (κ2) is 46.0. The summed E-state index contributed by atoms with van der Waals surface area (Å²) in [4.78, 5) is 126. The number of esters is 5. The Morgan fingerprint density at radius 2 is 1.38 bits per heavy atom. The van der Waals surface area contributed by atoms with Crippen LogP contribution >= 0.6 is 8.53 Å². The Labute approximate surface area is 564 Å². The van der Waals surface area contributed by atoms with Crippen LogP contribution in [-0.2, 0) is 122 Å². The third-order valence-corrected chi connectivity index (χ3v) is 17.2. The zero-order valence-electron chi connectivity index (χ0n) is 57.8. The molecule has 31 nitrogen and oxygen atoms in total. The van der Waals surface area contributed by atoms with E-state index in [1.54, 1.807) is 7.05 Å². The highest BCUT2D eigenvalue weighted by atomic mass is 31.2. The van der Waals surface area contributed by atoms with Crippen molar-refractivity contribution < 1.29 is 109 Å². The first kappa shape index (κ1) is 83.8. The topological polar surface area (TPSA) is 381 Å². The van der Waals surface area contributed by atoms with Gasteiger partial charge in [0.25, 0.3) is 8.53 Å². The first-order chi connectivity index (χ1) is 45.7. The van der Waals surface area contributed by atoms with Crippen LogP contribution in [0.1, 0.15) is 126 Å². The Morgan fingerprint density at radius 3 is 1.95 bits per heavy atom. The van der Waals surface area contributed by atoms with E-state index in [2.05, 4.69) is 65.0 Å². The van der Waals surface area contributed by atoms with E-state index in [1.165, 1.54) is 39.5 Å². The maximum Gasteiger partial charge on any atom is 0.304 e. The van der Waals surface area contributed by atoms with Gasteiger partial charge in [-0.2, -0.15) is 5.26 Å². The number of hydrogen-bond acceptors (Lipinski definition) is 27. The standard InChI is InChI=1S/C64H103N8O23P/c1-40(2)72(41(3)4)96(89-28-14-23-65)95-53-21-19-52(20-22-53)60(81)69-36-51-17-15-50(16-18-51)35-54(61(82)68-25-30-84-31-33-85-63-58(66-13)42(5)59(91-48(11)78)56(94-63)39-88-46(9)76)71(26-27-73)37-57(80)67-24-29-83-32-34-86-64(62(70-44(7)74)92-49(12)79)93-55(38-87-45(8)75)43(6)90-47(10)77/h15-18,27,40-43,52-56,58-59,62-64,66H,14,19-22,24-26,28-39H2,1-13H3,(H,67,80)(H,68,82)(H,69,81)(H,70,74). The first-order valence-corrected chi connectivity index (χ1v) is 33.6. The van der Waals surface area contributed by atoms with Crippen molar-refractivity contribution in [3.63, 3.8) is 0 Å². The highest BCUT2D eigenvalue weighted by Crippen LogP contribution is 2.49. The van der Waals surface area contributed by atoms with Crippen LogP contribution in [0.15, 0.2) is 24.3 Å². The van der Waals surface area contributed by atoms with Gasteiger partial charge in [-0.1, -0.05) is 31.2 Å². The lowest BCUT2D eigenvalue weighted by molar-refractivity contribution is -0.264. The number of nitriles is 1. The molecule has 1 aromatic rings. The lowest BCUT2D eigenvalue weighted by atomic mass is 9.87. The molecule has 1 aromatic carbocycles. The molecule has 1 saturated carbocycles. The minimum Gasteiger partial charge on any atom is -0.463 e. The lowest BCUT2D eigenvalue weighted by Gasteiger charge is -2.44. The molecule has 11 unspecified atom stereocenters. The van der Waals surface area contributed by atoms with Gasteiger partial charge in [0.2, 0.25) is 36.1 Å². The zero-order valence-corrected chi connectivity index (χ0v) is 58.7. The summed E-state index contributed by atoms with van der Waals surface area (Å²) in [5, 5.41) is 23.3. The molecule has 0 bridgehead atoms. The van der Waals surface area contributed by atoms with Crippen molar-refractivity contribution >= 4 is 68.3 Å². The summed E-state index contributed by atoms with van der Waals surface area (Å²) in [6, 6.07) is 8.23. The fourth-order valence-electron chi connectivity index (χ4n) is 10.6. The zero-order chi connectivity index (χ0) is 71.3. The summed E-state index contributed by atoms with van der Waals surface area (Å²) in [5.74, 6) is -5.47. The fraction of sp³-hybridized carbons (Fsp3) is 0.734. The molecule has 542 valence electrons. The monoisotopic (exact) mass is 1380 g/mol. The average molecular weight is 1380 g/mol. The summed E-state index contributed by atoms with van der Waals surface area (Å²) in [7, 11) is 0.300. The second-order valence-corrected chi connectivity index (χ2v) is 25.0. The minimum absolute atomic E-state index is 0.0240. The van der Waals surface area contributed by atoms with Gasteiger partial charge in [-0.15, -0.1) is 0 Å². The van der Waals surface area contributed by atoms with Crippen molar-refractivity contribution in [2.45, 2.75) is 202 Å². The van der Waals surface area contributed by atoms with E-state index < -0.39 is 125 Å². The smallest absolute Gasteiger partial charge is 0.304 e. The van der Waals surface area contributed by atoms with Gasteiger partial charge in [-0.3, -0.25) is 48.1 Å². The number of likely N-dealkylation sites (N-methyl/N-ethyl adjacent to an activating group) is 1. The molecule has 0 spiro atoms. The van der Waals surface area contributed by atoms with Crippen LogP contribution in [0.25, 0.3) is 0 Å². The molecule has 0 radical (unpaired) electrons. The van der Waals surface area contributed by atoms with Crippen molar-refractivity contribution in [3.05, 3.63) is 35.4 Å². The number of aldehydes is 1. The summed E-state index contributed by atoms with van der Waals surface area (Å²) in [6.45, 7) is 17.7. The molecule has 1 saturated heterocycles. The predicted octanol–water partition coefficient (Wildman–Crippen LogP) is 2.56. The third-order valence-electron chi connectivity index (χ3n) is 15.1. The summed E-state index contributed by atoms with van der Waals surface area (Å²) >= 11 is 0. The molecule has 96 heavy (non-hydrogen) atoms. The number of carbonyl (C=O) groups excluding carboxylic acids is 10. The Morgan fingerprint density at radius 1 is 0.750 bits per heavy atom. The van der Waals surface area contributed by atoms with E-state index in [0.717, 1.165) is 19.4 Å². The number of hydrogen-bond donors (Lipinski definition) is 5. The number of benzene rings is 1. The molecule has 3 rings (SSSR count). The van der Waals surface area contributed by atoms with Crippen LogP contribution in [0.4, 0.5) is 0 Å². The normalized spacial score (nSPS) is 20.5. The van der Waals surface area contributed by atoms with Gasteiger partial charge < -0.3 is 92.5 Å². The SMILES string of the molecule is CNC1C(OCCOCCNC(=O)C(Cc2ccc(CNC(=O)C3CCC(OP(OCCC#N)N(C(C)C)C(C)C)CC3)cc2)N(CC=O)CC(=O)NCCOCCOC(OC(COC(C)=O)C(C)OC(C)=O)C(NC(C)=O)OC(C)=O)OC(COC(C)=O)C(OC(C)=O)C1C. The summed E-state index contributed by atoms with van der Waals surface area (Å²) in [6.07, 6.45) is -4.17. The third kappa shape index (κ3) is 32.3. The van der Waals surface area contributed by atoms with Crippen molar-refractivity contribution in [2.24, 2.45) is 11.8 Å². The van der Waals surface area contributed by atoms with Crippen molar-refractivity contribution in [1.82, 2.24) is 36.2 Å². The van der Waals surface area contributed by atoms with Crippen LogP contribution in [0.2, 0.25) is 0 Å². The van der Waals surface area contributed by atoms with E-state index in [-0.39, 0.29) is 128 Å². The molecule has 2 aliphatic rings. The van der Waals surface area contributed by atoms with Crippen LogP contribution in [0.5, 0.6) is 0 Å². The molecule has 4 amide bonds. The molecule has 1 heterocycles. The number of rotatable bonds is 46. The van der Waals surface area contributed by atoms with E-state index in [9.17, 15) is 47.9 Å². The van der Waals surface area contributed by atoms with Gasteiger partial charge in [-0.05, 0) is 84.9 Å². The second-order valence-electron chi connectivity index (χ2n) is 23.6. The molecular formula is C64H103N8O23P. The Hall–Kier alpha value is -6.40. The highest BCUT2D eigenvalue weighted by Gasteiger charge is 2.46. The molecule has 1 aliphatic heterocycles. The quantitative estimate of drug-likeness (QED) is 0.0156. The number of nitrogens with one attached hydrogen (secondary N) is 5. The average Bonchev–Trinajstić information content (AvgIpc) is 0.811. The van der Waals surface area contributed by atoms with E-state index >= 15 is 0 Å². The molecule has 11 atom stereocenters. The first-order valence-electron chi connectivity index (χ1n) is 32.4. The molecule has 5 N–H and O–H groups in total. The molecular weight excluding hydrogens is 1280 g/mol. The van der Waals surface area contributed by atoms with Crippen molar-refractivity contribution in [2.75, 3.05) is 92.7 Å². The Bertz CT molecular complexity index is 2590.